The first-order chi connectivity index (χ1) is 22.0. The number of rotatable bonds is 8. The van der Waals surface area contributed by atoms with Crippen LogP contribution in [0.2, 0.25) is 0 Å². The Morgan fingerprint density at radius 1 is 0.978 bits per heavy atom. The molecule has 3 fully saturated rings. The van der Waals surface area contributed by atoms with Gasteiger partial charge in [0.2, 0.25) is 5.95 Å². The maximum atomic E-state index is 5.00. The summed E-state index contributed by atoms with van der Waals surface area (Å²) in [5, 5.41) is 8.22. The number of likely N-dealkylation sites (N-methyl/N-ethyl adjacent to an activating group) is 1. The molecule has 4 aliphatic rings. The Morgan fingerprint density at radius 2 is 1.84 bits per heavy atom. The van der Waals surface area contributed by atoms with Crippen molar-refractivity contribution in [3.63, 3.8) is 0 Å². The van der Waals surface area contributed by atoms with Gasteiger partial charge in [0.1, 0.15) is 11.5 Å². The van der Waals surface area contributed by atoms with E-state index in [1.807, 2.05) is 12.3 Å². The van der Waals surface area contributed by atoms with E-state index in [-0.39, 0.29) is 0 Å². The second kappa shape index (κ2) is 11.7. The summed E-state index contributed by atoms with van der Waals surface area (Å²) < 4.78 is 2.36. The molecule has 10 heteroatoms. The Balaban J connectivity index is 0.985. The predicted molar refractivity (Wildman–Crippen MR) is 189 cm³/mol. The molecule has 0 radical (unpaired) electrons. The number of hydrogen-bond donors (Lipinski definition) is 3. The molecule has 0 atom stereocenters. The van der Waals surface area contributed by atoms with Crippen LogP contribution >= 0.6 is 11.9 Å². The molecule has 1 saturated carbocycles. The maximum Gasteiger partial charge on any atom is 0.231 e. The lowest BCUT2D eigenvalue weighted by molar-refractivity contribution is 0.0434. The lowest BCUT2D eigenvalue weighted by atomic mass is 9.99. The van der Waals surface area contributed by atoms with Gasteiger partial charge in [0.15, 0.2) is 0 Å². The molecule has 1 spiro atoms. The summed E-state index contributed by atoms with van der Waals surface area (Å²) in [5.74, 6) is 1.39. The molecular formula is C35H45N9S. The molecule has 2 aromatic carbocycles. The van der Waals surface area contributed by atoms with Crippen molar-refractivity contribution in [2.24, 2.45) is 0 Å². The number of fused-ring (bicyclic) bond motifs is 2. The van der Waals surface area contributed by atoms with Crippen LogP contribution in [0.3, 0.4) is 0 Å². The van der Waals surface area contributed by atoms with Crippen LogP contribution in [0, 0.1) is 0 Å². The van der Waals surface area contributed by atoms with Gasteiger partial charge in [0.25, 0.3) is 0 Å². The highest BCUT2D eigenvalue weighted by atomic mass is 32.2. The molecule has 9 nitrogen and oxygen atoms in total. The normalized spacial score (nSPS) is 20.2. The lowest BCUT2D eigenvalue weighted by Gasteiger charge is -2.46. The molecule has 3 N–H and O–H groups in total. The molecule has 4 aromatic rings. The molecule has 45 heavy (non-hydrogen) atoms. The van der Waals surface area contributed by atoms with Crippen molar-refractivity contribution in [3.8, 4) is 0 Å². The van der Waals surface area contributed by atoms with E-state index >= 15 is 0 Å². The number of para-hydroxylation sites is 1. The summed E-state index contributed by atoms with van der Waals surface area (Å²) in [5.41, 5.74) is 8.69. The SMILES string of the molecule is CCc1cc(N2CCC(N3CCN(C)C4(CC4)C3)CC2)ccc1Nc1nc(Nc2cccc3c2N(SC)CC3)c2cc[nH]c2n1. The van der Waals surface area contributed by atoms with E-state index in [0.29, 0.717) is 11.5 Å². The third kappa shape index (κ3) is 5.40. The zero-order chi connectivity index (χ0) is 30.5. The summed E-state index contributed by atoms with van der Waals surface area (Å²) in [7, 11) is 2.33. The fourth-order valence-electron chi connectivity index (χ4n) is 7.81. The van der Waals surface area contributed by atoms with Gasteiger partial charge in [-0.1, -0.05) is 31.0 Å². The smallest absolute Gasteiger partial charge is 0.231 e. The highest BCUT2D eigenvalue weighted by Crippen LogP contribution is 2.44. The van der Waals surface area contributed by atoms with Crippen molar-refractivity contribution in [2.75, 3.05) is 72.4 Å². The van der Waals surface area contributed by atoms with Crippen molar-refractivity contribution >= 4 is 57.5 Å². The highest BCUT2D eigenvalue weighted by Gasteiger charge is 2.50. The number of aromatic amines is 1. The maximum absolute atomic E-state index is 5.00. The van der Waals surface area contributed by atoms with Crippen LogP contribution < -0.4 is 19.8 Å². The number of nitrogens with one attached hydrogen (secondary N) is 3. The number of anilines is 6. The number of piperazine rings is 1. The number of benzene rings is 2. The fraction of sp³-hybridized carbons (Fsp3) is 0.486. The Morgan fingerprint density at radius 3 is 2.64 bits per heavy atom. The van der Waals surface area contributed by atoms with Crippen molar-refractivity contribution < 1.29 is 0 Å². The largest absolute Gasteiger partial charge is 0.371 e. The van der Waals surface area contributed by atoms with Crippen LogP contribution in [-0.2, 0) is 12.8 Å². The first-order valence-corrected chi connectivity index (χ1v) is 17.9. The minimum absolute atomic E-state index is 0.497. The van der Waals surface area contributed by atoms with Gasteiger partial charge in [0.05, 0.1) is 16.8 Å². The zero-order valence-electron chi connectivity index (χ0n) is 26.8. The van der Waals surface area contributed by atoms with E-state index in [0.717, 1.165) is 66.7 Å². The number of aryl methyl sites for hydroxylation is 1. The Kier molecular flexibility index (Phi) is 7.54. The van der Waals surface area contributed by atoms with Crippen LogP contribution in [0.4, 0.5) is 34.5 Å². The van der Waals surface area contributed by atoms with Gasteiger partial charge in [-0.05, 0) is 87.0 Å². The fourth-order valence-corrected chi connectivity index (χ4v) is 8.49. The second-order valence-electron chi connectivity index (χ2n) is 13.3. The van der Waals surface area contributed by atoms with Crippen LogP contribution in [0.15, 0.2) is 48.7 Å². The monoisotopic (exact) mass is 623 g/mol. The van der Waals surface area contributed by atoms with Crippen molar-refractivity contribution in [2.45, 2.75) is 57.0 Å². The lowest BCUT2D eigenvalue weighted by Crippen LogP contribution is -2.57. The van der Waals surface area contributed by atoms with E-state index in [9.17, 15) is 0 Å². The topological polar surface area (TPSA) is 78.6 Å². The number of hydrogen-bond acceptors (Lipinski definition) is 9. The van der Waals surface area contributed by atoms with E-state index in [1.165, 1.54) is 67.8 Å². The summed E-state index contributed by atoms with van der Waals surface area (Å²) in [6.07, 6.45) is 11.3. The molecule has 5 heterocycles. The molecule has 0 amide bonds. The molecule has 0 bridgehead atoms. The van der Waals surface area contributed by atoms with E-state index < -0.39 is 0 Å². The van der Waals surface area contributed by atoms with Crippen molar-refractivity contribution in [1.82, 2.24) is 24.8 Å². The molecule has 236 valence electrons. The van der Waals surface area contributed by atoms with Crippen molar-refractivity contribution in [3.05, 3.63) is 59.8 Å². The third-order valence-electron chi connectivity index (χ3n) is 10.8. The zero-order valence-corrected chi connectivity index (χ0v) is 27.6. The first kappa shape index (κ1) is 29.0. The standard InChI is InChI=1S/C35H45N9S/c1-4-24-22-27(42-17-12-26(13-18-42)43-21-20-41(2)35(23-43)14-15-35)8-9-29(24)38-34-39-32-28(10-16-36-32)33(40-34)37-30-7-5-6-25-11-19-44(45-3)31(25)30/h5-10,16,22,26H,4,11-15,17-21,23H2,1-3H3,(H3,36,37,38,39,40). The number of nitrogens with zero attached hydrogens (tertiary/aromatic N) is 6. The Hall–Kier alpha value is -3.47. The van der Waals surface area contributed by atoms with Crippen LogP contribution in [-0.4, -0.2) is 88.9 Å². The van der Waals surface area contributed by atoms with E-state index in [2.05, 4.69) is 91.2 Å². The number of piperidine rings is 1. The third-order valence-corrected chi connectivity index (χ3v) is 11.6. The molecule has 2 saturated heterocycles. The van der Waals surface area contributed by atoms with Crippen molar-refractivity contribution in [1.29, 1.82) is 0 Å². The highest BCUT2D eigenvalue weighted by molar-refractivity contribution is 8.00. The summed E-state index contributed by atoms with van der Waals surface area (Å²) >= 11 is 1.77. The van der Waals surface area contributed by atoms with E-state index in [1.54, 1.807) is 11.9 Å². The molecule has 3 aliphatic heterocycles. The van der Waals surface area contributed by atoms with E-state index in [4.69, 9.17) is 9.97 Å². The Labute approximate surface area is 270 Å². The Bertz CT molecular complexity index is 1690. The molecule has 0 unspecified atom stereocenters. The van der Waals surface area contributed by atoms with Gasteiger partial charge in [-0.25, -0.2) is 0 Å². The molecule has 8 rings (SSSR count). The number of H-pyrrole nitrogens is 1. The minimum atomic E-state index is 0.497. The van der Waals surface area contributed by atoms with Gasteiger partial charge in [-0.15, -0.1) is 0 Å². The summed E-state index contributed by atoms with van der Waals surface area (Å²) in [6.45, 7) is 9.21. The predicted octanol–water partition coefficient (Wildman–Crippen LogP) is 6.40. The average Bonchev–Trinajstić information content (AvgIpc) is 3.46. The second-order valence-corrected chi connectivity index (χ2v) is 14.1. The van der Waals surface area contributed by atoms with Crippen LogP contribution in [0.1, 0.15) is 43.7 Å². The van der Waals surface area contributed by atoms with Gasteiger partial charge in [-0.3, -0.25) is 9.80 Å². The van der Waals surface area contributed by atoms with Crippen LogP contribution in [0.5, 0.6) is 0 Å². The molecular weight excluding hydrogens is 579 g/mol. The van der Waals surface area contributed by atoms with Crippen LogP contribution in [0.25, 0.3) is 11.0 Å². The van der Waals surface area contributed by atoms with Gasteiger partial charge in [0, 0.05) is 74.7 Å². The quantitative estimate of drug-likeness (QED) is 0.193. The summed E-state index contributed by atoms with van der Waals surface area (Å²) in [4.78, 5) is 21.2. The van der Waals surface area contributed by atoms with Gasteiger partial charge in [-0.2, -0.15) is 9.97 Å². The summed E-state index contributed by atoms with van der Waals surface area (Å²) in [6, 6.07) is 16.1. The molecule has 1 aliphatic carbocycles. The average molecular weight is 624 g/mol. The number of aromatic nitrogens is 3. The first-order valence-electron chi connectivity index (χ1n) is 16.7. The minimum Gasteiger partial charge on any atom is -0.371 e. The van der Waals surface area contributed by atoms with Gasteiger partial charge < -0.3 is 24.8 Å². The molecule has 2 aromatic heterocycles. The van der Waals surface area contributed by atoms with Gasteiger partial charge >= 0.3 is 0 Å².